The molecule has 3 rings (SSSR count). The molecule has 2 N–H and O–H groups in total. The smallest absolute Gasteiger partial charge is 0.338 e. The maximum absolute atomic E-state index is 12.4. The van der Waals surface area contributed by atoms with Gasteiger partial charge in [0.25, 0.3) is 0 Å². The maximum atomic E-state index is 12.4. The van der Waals surface area contributed by atoms with Gasteiger partial charge in [-0.05, 0) is 11.4 Å². The molecular weight excluding hydrogens is 334 g/mol. The summed E-state index contributed by atoms with van der Waals surface area (Å²) in [6, 6.07) is 2.74. The standard InChI is InChI=1S/C15H17N3O5S/c1-22-5-4-16-11(19)7-18-9-8-23-14(20)12(9)13(17-15(18)21)10-3-2-6-24-10/h2-3,6,13H,4-5,7-8H2,1H3,(H,16,19)(H,17,21)/t13-/m1/s1. The van der Waals surface area contributed by atoms with E-state index in [0.717, 1.165) is 4.88 Å². The second-order valence-corrected chi connectivity index (χ2v) is 6.24. The van der Waals surface area contributed by atoms with Crippen LogP contribution in [0, 0.1) is 0 Å². The van der Waals surface area contributed by atoms with E-state index in [1.54, 1.807) is 0 Å². The van der Waals surface area contributed by atoms with E-state index in [4.69, 9.17) is 9.47 Å². The molecule has 0 aromatic carbocycles. The summed E-state index contributed by atoms with van der Waals surface area (Å²) in [4.78, 5) is 38.6. The number of nitrogens with one attached hydrogen (secondary N) is 2. The minimum atomic E-state index is -0.532. The van der Waals surface area contributed by atoms with Crippen LogP contribution in [0.5, 0.6) is 0 Å². The zero-order valence-corrected chi connectivity index (χ0v) is 13.9. The third-order valence-corrected chi connectivity index (χ3v) is 4.69. The van der Waals surface area contributed by atoms with Crippen LogP contribution in [0.25, 0.3) is 0 Å². The Hall–Kier alpha value is -2.39. The molecule has 0 fully saturated rings. The lowest BCUT2D eigenvalue weighted by molar-refractivity contribution is -0.136. The number of nitrogens with zero attached hydrogens (tertiary/aromatic N) is 1. The Bertz CT molecular complexity index is 685. The Labute approximate surface area is 142 Å². The van der Waals surface area contributed by atoms with E-state index in [1.165, 1.54) is 23.3 Å². The normalized spacial score (nSPS) is 19.9. The summed E-state index contributed by atoms with van der Waals surface area (Å²) >= 11 is 1.44. The zero-order valence-electron chi connectivity index (χ0n) is 13.0. The molecule has 3 heterocycles. The summed E-state index contributed by atoms with van der Waals surface area (Å²) in [6.07, 6.45) is 0. The van der Waals surface area contributed by atoms with Gasteiger partial charge < -0.3 is 20.1 Å². The van der Waals surface area contributed by atoms with Crippen molar-refractivity contribution < 1.29 is 23.9 Å². The van der Waals surface area contributed by atoms with Crippen molar-refractivity contribution in [2.45, 2.75) is 6.04 Å². The van der Waals surface area contributed by atoms with E-state index < -0.39 is 18.0 Å². The van der Waals surface area contributed by atoms with Crippen LogP contribution >= 0.6 is 11.3 Å². The highest BCUT2D eigenvalue weighted by Crippen LogP contribution is 2.36. The van der Waals surface area contributed by atoms with E-state index in [9.17, 15) is 14.4 Å². The van der Waals surface area contributed by atoms with Crippen molar-refractivity contribution >= 4 is 29.2 Å². The quantitative estimate of drug-likeness (QED) is 0.571. The Morgan fingerprint density at radius 1 is 1.54 bits per heavy atom. The Morgan fingerprint density at radius 2 is 2.38 bits per heavy atom. The van der Waals surface area contributed by atoms with Crippen LogP contribution in [0.1, 0.15) is 10.9 Å². The summed E-state index contributed by atoms with van der Waals surface area (Å²) in [7, 11) is 1.54. The van der Waals surface area contributed by atoms with Crippen LogP contribution in [0.4, 0.5) is 4.79 Å². The summed E-state index contributed by atoms with van der Waals surface area (Å²) < 4.78 is 9.95. The molecular formula is C15H17N3O5S. The first-order valence-electron chi connectivity index (χ1n) is 7.39. The third kappa shape index (κ3) is 3.13. The lowest BCUT2D eigenvalue weighted by atomic mass is 10.0. The van der Waals surface area contributed by atoms with Gasteiger partial charge in [-0.15, -0.1) is 11.3 Å². The van der Waals surface area contributed by atoms with Gasteiger partial charge in [-0.1, -0.05) is 6.07 Å². The summed E-state index contributed by atoms with van der Waals surface area (Å²) in [5.41, 5.74) is 0.839. The fourth-order valence-corrected chi connectivity index (χ4v) is 3.42. The van der Waals surface area contributed by atoms with E-state index >= 15 is 0 Å². The number of carbonyl (C=O) groups excluding carboxylic acids is 3. The summed E-state index contributed by atoms with van der Waals surface area (Å²) in [6.45, 7) is 0.550. The summed E-state index contributed by atoms with van der Waals surface area (Å²) in [5.74, 6) is -0.795. The van der Waals surface area contributed by atoms with E-state index in [0.29, 0.717) is 24.4 Å². The van der Waals surface area contributed by atoms with Gasteiger partial charge in [0.05, 0.1) is 23.9 Å². The molecule has 24 heavy (non-hydrogen) atoms. The predicted molar refractivity (Wildman–Crippen MR) is 85.2 cm³/mol. The molecule has 8 nitrogen and oxygen atoms in total. The topological polar surface area (TPSA) is 97.0 Å². The number of hydrogen-bond acceptors (Lipinski definition) is 6. The molecule has 9 heteroatoms. The molecule has 2 aliphatic rings. The monoisotopic (exact) mass is 351 g/mol. The van der Waals surface area contributed by atoms with Crippen LogP contribution in [0.3, 0.4) is 0 Å². The molecule has 0 saturated heterocycles. The number of hydrogen-bond donors (Lipinski definition) is 2. The van der Waals surface area contributed by atoms with Gasteiger partial charge >= 0.3 is 12.0 Å². The SMILES string of the molecule is COCCNC(=O)CN1C(=O)N[C@H](c2cccs2)C2=C1COC2=O. The number of esters is 1. The fraction of sp³-hybridized carbons (Fsp3) is 0.400. The van der Waals surface area contributed by atoms with Gasteiger partial charge in [-0.3, -0.25) is 9.69 Å². The number of ether oxygens (including phenoxy) is 2. The number of cyclic esters (lactones) is 1. The second-order valence-electron chi connectivity index (χ2n) is 5.26. The maximum Gasteiger partial charge on any atom is 0.338 e. The third-order valence-electron chi connectivity index (χ3n) is 3.76. The van der Waals surface area contributed by atoms with Gasteiger partial charge in [0.2, 0.25) is 5.91 Å². The second kappa shape index (κ2) is 7.02. The van der Waals surface area contributed by atoms with E-state index in [-0.39, 0.29) is 19.1 Å². The first-order chi connectivity index (χ1) is 11.6. The Kier molecular flexibility index (Phi) is 4.81. The van der Waals surface area contributed by atoms with Crippen LogP contribution in [0.2, 0.25) is 0 Å². The fourth-order valence-electron chi connectivity index (χ4n) is 2.64. The van der Waals surface area contributed by atoms with Crippen molar-refractivity contribution in [2.24, 2.45) is 0 Å². The number of rotatable bonds is 6. The van der Waals surface area contributed by atoms with Crippen molar-refractivity contribution in [3.8, 4) is 0 Å². The van der Waals surface area contributed by atoms with Crippen molar-refractivity contribution in [1.29, 1.82) is 0 Å². The van der Waals surface area contributed by atoms with Gasteiger partial charge in [0.15, 0.2) is 0 Å². The van der Waals surface area contributed by atoms with E-state index in [1.807, 2.05) is 17.5 Å². The van der Waals surface area contributed by atoms with Crippen molar-refractivity contribution in [3.63, 3.8) is 0 Å². The molecule has 128 valence electrons. The minimum Gasteiger partial charge on any atom is -0.456 e. The number of methoxy groups -OCH3 is 1. The first-order valence-corrected chi connectivity index (χ1v) is 8.27. The number of amides is 3. The molecule has 2 aliphatic heterocycles. The highest BCUT2D eigenvalue weighted by atomic mass is 32.1. The van der Waals surface area contributed by atoms with Crippen molar-refractivity contribution in [2.75, 3.05) is 33.4 Å². The molecule has 0 aliphatic carbocycles. The molecule has 1 atom stereocenters. The molecule has 0 spiro atoms. The van der Waals surface area contributed by atoms with Crippen LogP contribution in [0.15, 0.2) is 28.8 Å². The van der Waals surface area contributed by atoms with Crippen LogP contribution in [-0.4, -0.2) is 56.2 Å². The van der Waals surface area contributed by atoms with Gasteiger partial charge in [-0.2, -0.15) is 0 Å². The molecule has 3 amide bonds. The molecule has 0 unspecified atom stereocenters. The molecule has 0 radical (unpaired) electrons. The lowest BCUT2D eigenvalue weighted by Crippen LogP contribution is -2.50. The van der Waals surface area contributed by atoms with Gasteiger partial charge in [0.1, 0.15) is 13.2 Å². The first kappa shape index (κ1) is 16.5. The molecule has 1 aromatic heterocycles. The number of thiophene rings is 1. The average Bonchev–Trinajstić information content (AvgIpc) is 3.20. The number of urea groups is 1. The predicted octanol–water partition coefficient (Wildman–Crippen LogP) is 0.388. The van der Waals surface area contributed by atoms with Crippen molar-refractivity contribution in [3.05, 3.63) is 33.7 Å². The minimum absolute atomic E-state index is 0.00515. The largest absolute Gasteiger partial charge is 0.456 e. The van der Waals surface area contributed by atoms with Gasteiger partial charge in [-0.25, -0.2) is 9.59 Å². The van der Waals surface area contributed by atoms with Gasteiger partial charge in [0, 0.05) is 18.5 Å². The highest BCUT2D eigenvalue weighted by molar-refractivity contribution is 7.10. The Balaban J connectivity index is 1.81. The summed E-state index contributed by atoms with van der Waals surface area (Å²) in [5, 5.41) is 7.30. The zero-order chi connectivity index (χ0) is 17.1. The van der Waals surface area contributed by atoms with E-state index in [2.05, 4.69) is 10.6 Å². The lowest BCUT2D eigenvalue weighted by Gasteiger charge is -2.31. The highest BCUT2D eigenvalue weighted by Gasteiger charge is 2.42. The molecule has 0 bridgehead atoms. The van der Waals surface area contributed by atoms with Crippen LogP contribution < -0.4 is 10.6 Å². The average molecular weight is 351 g/mol. The molecule has 0 saturated carbocycles. The van der Waals surface area contributed by atoms with Crippen LogP contribution in [-0.2, 0) is 19.1 Å². The number of carbonyl (C=O) groups is 3. The molecule has 1 aromatic rings. The van der Waals surface area contributed by atoms with Crippen molar-refractivity contribution in [1.82, 2.24) is 15.5 Å². The Morgan fingerprint density at radius 3 is 3.08 bits per heavy atom.